The highest BCUT2D eigenvalue weighted by atomic mass is 16.5. The first-order valence-corrected chi connectivity index (χ1v) is 5.03. The van der Waals surface area contributed by atoms with Gasteiger partial charge in [-0.15, -0.1) is 0 Å². The van der Waals surface area contributed by atoms with E-state index in [2.05, 4.69) is 0 Å². The third-order valence-corrected chi connectivity index (χ3v) is 3.02. The van der Waals surface area contributed by atoms with Crippen molar-refractivity contribution in [1.29, 1.82) is 0 Å². The van der Waals surface area contributed by atoms with E-state index >= 15 is 0 Å². The number of methoxy groups -OCH3 is 1. The molecule has 0 spiro atoms. The van der Waals surface area contributed by atoms with Crippen LogP contribution in [0.25, 0.3) is 0 Å². The number of rotatable bonds is 4. The molecule has 1 aromatic rings. The number of hydrogen-bond donors (Lipinski definition) is 1. The van der Waals surface area contributed by atoms with Crippen molar-refractivity contribution in [1.82, 2.24) is 0 Å². The van der Waals surface area contributed by atoms with Gasteiger partial charge in [-0.3, -0.25) is 4.79 Å². The van der Waals surface area contributed by atoms with Crippen LogP contribution in [0.1, 0.15) is 24.8 Å². The molecule has 0 saturated heterocycles. The van der Waals surface area contributed by atoms with Crippen molar-refractivity contribution in [3.8, 4) is 5.75 Å². The van der Waals surface area contributed by atoms with Gasteiger partial charge in [0.2, 0.25) is 0 Å². The summed E-state index contributed by atoms with van der Waals surface area (Å²) in [5.41, 5.74) is 0.869. The Morgan fingerprint density at radius 3 is 2.67 bits per heavy atom. The van der Waals surface area contributed by atoms with E-state index in [-0.39, 0.29) is 11.8 Å². The minimum atomic E-state index is -0.738. The van der Waals surface area contributed by atoms with Gasteiger partial charge in [0, 0.05) is 11.0 Å². The molecule has 0 heterocycles. The predicted octanol–water partition coefficient (Wildman–Crippen LogP) is 2.20. The highest BCUT2D eigenvalue weighted by Crippen LogP contribution is 2.53. The zero-order chi connectivity index (χ0) is 10.9. The van der Waals surface area contributed by atoms with Gasteiger partial charge in [0.1, 0.15) is 5.75 Å². The fourth-order valence-corrected chi connectivity index (χ4v) is 2.06. The molecule has 0 amide bonds. The minimum Gasteiger partial charge on any atom is -0.496 e. The molecule has 1 aliphatic rings. The van der Waals surface area contributed by atoms with Crippen LogP contribution in [-0.4, -0.2) is 18.2 Å². The summed E-state index contributed by atoms with van der Waals surface area (Å²) in [7, 11) is 1.62. The average Bonchev–Trinajstić information content (AvgIpc) is 2.98. The van der Waals surface area contributed by atoms with Crippen LogP contribution in [0, 0.1) is 0 Å². The molecule has 0 unspecified atom stereocenters. The lowest BCUT2D eigenvalue weighted by atomic mass is 9.91. The fraction of sp³-hybridized carbons (Fsp3) is 0.417. The van der Waals surface area contributed by atoms with E-state index in [0.717, 1.165) is 24.2 Å². The molecule has 1 fully saturated rings. The Hall–Kier alpha value is -1.51. The van der Waals surface area contributed by atoms with Crippen LogP contribution in [0.5, 0.6) is 5.75 Å². The molecule has 3 heteroatoms. The van der Waals surface area contributed by atoms with Gasteiger partial charge in [-0.1, -0.05) is 18.2 Å². The van der Waals surface area contributed by atoms with Crippen molar-refractivity contribution in [2.24, 2.45) is 0 Å². The molecular formula is C12H14O3. The lowest BCUT2D eigenvalue weighted by molar-refractivity contribution is -0.137. The van der Waals surface area contributed by atoms with E-state index in [4.69, 9.17) is 9.84 Å². The zero-order valence-electron chi connectivity index (χ0n) is 8.69. The van der Waals surface area contributed by atoms with Crippen LogP contribution in [-0.2, 0) is 10.2 Å². The maximum absolute atomic E-state index is 10.8. The number of ether oxygens (including phenoxy) is 1. The first kappa shape index (κ1) is 10.0. The van der Waals surface area contributed by atoms with Crippen molar-refractivity contribution < 1.29 is 14.6 Å². The second kappa shape index (κ2) is 3.57. The highest BCUT2D eigenvalue weighted by molar-refractivity contribution is 5.70. The molecule has 0 aromatic heterocycles. The maximum atomic E-state index is 10.8. The summed E-state index contributed by atoms with van der Waals surface area (Å²) < 4.78 is 5.26. The van der Waals surface area contributed by atoms with Crippen LogP contribution < -0.4 is 4.74 Å². The normalized spacial score (nSPS) is 17.1. The van der Waals surface area contributed by atoms with Gasteiger partial charge in [-0.2, -0.15) is 0 Å². The van der Waals surface area contributed by atoms with Gasteiger partial charge in [0.15, 0.2) is 0 Å². The molecule has 3 nitrogen and oxygen atoms in total. The molecule has 0 bridgehead atoms. The van der Waals surface area contributed by atoms with Crippen LogP contribution in [0.4, 0.5) is 0 Å². The van der Waals surface area contributed by atoms with Crippen molar-refractivity contribution in [2.75, 3.05) is 7.11 Å². The predicted molar refractivity (Wildman–Crippen MR) is 56.2 cm³/mol. The average molecular weight is 206 g/mol. The molecule has 15 heavy (non-hydrogen) atoms. The number of carbonyl (C=O) groups is 1. The molecule has 80 valence electrons. The molecule has 0 atom stereocenters. The van der Waals surface area contributed by atoms with E-state index in [1.54, 1.807) is 7.11 Å². The maximum Gasteiger partial charge on any atom is 0.304 e. The summed E-state index contributed by atoms with van der Waals surface area (Å²) in [5.74, 6) is 0.0645. The Morgan fingerprint density at radius 1 is 1.47 bits per heavy atom. The third-order valence-electron chi connectivity index (χ3n) is 3.02. The first-order valence-electron chi connectivity index (χ1n) is 5.03. The van der Waals surface area contributed by atoms with E-state index < -0.39 is 5.97 Å². The summed E-state index contributed by atoms with van der Waals surface area (Å²) in [6.07, 6.45) is 2.09. The second-order valence-corrected chi connectivity index (χ2v) is 4.05. The monoisotopic (exact) mass is 206 g/mol. The minimum absolute atomic E-state index is 0.168. The van der Waals surface area contributed by atoms with Gasteiger partial charge in [-0.05, 0) is 18.9 Å². The van der Waals surface area contributed by atoms with Crippen LogP contribution in [0.2, 0.25) is 0 Å². The molecule has 1 N–H and O–H groups in total. The van der Waals surface area contributed by atoms with Gasteiger partial charge in [0.25, 0.3) is 0 Å². The van der Waals surface area contributed by atoms with Crippen LogP contribution in [0.3, 0.4) is 0 Å². The summed E-state index contributed by atoms with van der Waals surface area (Å²) in [6.45, 7) is 0. The Kier molecular flexibility index (Phi) is 2.39. The Balaban J connectivity index is 2.32. The van der Waals surface area contributed by atoms with Gasteiger partial charge in [-0.25, -0.2) is 0 Å². The topological polar surface area (TPSA) is 46.5 Å². The molecule has 0 aliphatic heterocycles. The summed E-state index contributed by atoms with van der Waals surface area (Å²) >= 11 is 0. The van der Waals surface area contributed by atoms with Crippen LogP contribution >= 0.6 is 0 Å². The van der Waals surface area contributed by atoms with E-state index in [1.165, 1.54) is 0 Å². The Labute approximate surface area is 88.7 Å². The Morgan fingerprint density at radius 2 is 2.13 bits per heavy atom. The van der Waals surface area contributed by atoms with Crippen LogP contribution in [0.15, 0.2) is 24.3 Å². The molecule has 1 saturated carbocycles. The largest absolute Gasteiger partial charge is 0.496 e. The van der Waals surface area contributed by atoms with Gasteiger partial charge < -0.3 is 9.84 Å². The number of hydrogen-bond acceptors (Lipinski definition) is 2. The molecule has 1 aliphatic carbocycles. The van der Waals surface area contributed by atoms with E-state index in [0.29, 0.717) is 0 Å². The lowest BCUT2D eigenvalue weighted by Crippen LogP contribution is -2.13. The molecule has 1 aromatic carbocycles. The SMILES string of the molecule is COc1ccccc1C1(CC(=O)O)CC1. The summed E-state index contributed by atoms with van der Waals surface area (Å²) in [6, 6.07) is 7.69. The number of carboxylic acid groups (broad SMARTS) is 1. The lowest BCUT2D eigenvalue weighted by Gasteiger charge is -2.16. The highest BCUT2D eigenvalue weighted by Gasteiger charge is 2.47. The molecule has 0 radical (unpaired) electrons. The first-order chi connectivity index (χ1) is 7.18. The Bertz CT molecular complexity index is 380. The smallest absolute Gasteiger partial charge is 0.304 e. The number of carboxylic acids is 1. The molecular weight excluding hydrogens is 192 g/mol. The second-order valence-electron chi connectivity index (χ2n) is 4.05. The quantitative estimate of drug-likeness (QED) is 0.821. The number of para-hydroxylation sites is 1. The van der Waals surface area contributed by atoms with E-state index in [9.17, 15) is 4.79 Å². The van der Waals surface area contributed by atoms with Crippen molar-refractivity contribution in [3.05, 3.63) is 29.8 Å². The van der Waals surface area contributed by atoms with E-state index in [1.807, 2.05) is 24.3 Å². The third kappa shape index (κ3) is 1.82. The molecule has 2 rings (SSSR count). The summed E-state index contributed by atoms with van der Waals surface area (Å²) in [4.78, 5) is 10.8. The number of benzene rings is 1. The van der Waals surface area contributed by atoms with Gasteiger partial charge in [0.05, 0.1) is 13.5 Å². The van der Waals surface area contributed by atoms with Crippen molar-refractivity contribution in [2.45, 2.75) is 24.7 Å². The van der Waals surface area contributed by atoms with Crippen molar-refractivity contribution >= 4 is 5.97 Å². The standard InChI is InChI=1S/C12H14O3/c1-15-10-5-3-2-4-9(10)12(6-7-12)8-11(13)14/h2-5H,6-8H2,1H3,(H,13,14). The fourth-order valence-electron chi connectivity index (χ4n) is 2.06. The summed E-state index contributed by atoms with van der Waals surface area (Å²) in [5, 5.41) is 8.87. The number of aliphatic carboxylic acids is 1. The van der Waals surface area contributed by atoms with Gasteiger partial charge >= 0.3 is 5.97 Å². The van der Waals surface area contributed by atoms with Crippen molar-refractivity contribution in [3.63, 3.8) is 0 Å². The zero-order valence-corrected chi connectivity index (χ0v) is 8.69.